The molecule has 10 heteroatoms. The van der Waals surface area contributed by atoms with E-state index in [2.05, 4.69) is 20.8 Å². The molecule has 27 heavy (non-hydrogen) atoms. The first-order valence-electron chi connectivity index (χ1n) is 7.79. The first-order valence-corrected chi connectivity index (χ1v) is 8.77. The van der Waals surface area contributed by atoms with E-state index in [9.17, 15) is 14.0 Å². The predicted octanol–water partition coefficient (Wildman–Crippen LogP) is 1.91. The average molecular weight is 387 g/mol. The van der Waals surface area contributed by atoms with Crippen LogP contribution in [0.3, 0.4) is 0 Å². The fraction of sp³-hybridized carbons (Fsp3) is 0.118. The van der Waals surface area contributed by atoms with E-state index in [0.29, 0.717) is 16.4 Å². The third kappa shape index (κ3) is 4.88. The molecule has 1 heterocycles. The minimum Gasteiger partial charge on any atom is -0.478 e. The van der Waals surface area contributed by atoms with Crippen molar-refractivity contribution in [1.29, 1.82) is 0 Å². The van der Waals surface area contributed by atoms with E-state index < -0.39 is 5.97 Å². The quantitative estimate of drug-likeness (QED) is 0.596. The van der Waals surface area contributed by atoms with Gasteiger partial charge >= 0.3 is 5.97 Å². The van der Waals surface area contributed by atoms with Crippen LogP contribution in [0.2, 0.25) is 0 Å². The maximum atomic E-state index is 13.0. The maximum absolute atomic E-state index is 13.0. The lowest BCUT2D eigenvalue weighted by molar-refractivity contribution is -0.118. The Morgan fingerprint density at radius 3 is 2.70 bits per heavy atom. The Hall–Kier alpha value is -3.27. The number of tetrazole rings is 1. The molecule has 0 saturated carbocycles. The summed E-state index contributed by atoms with van der Waals surface area (Å²) < 4.78 is 14.4. The van der Waals surface area contributed by atoms with Crippen molar-refractivity contribution in [3.8, 4) is 5.69 Å². The fourth-order valence-electron chi connectivity index (χ4n) is 2.21. The van der Waals surface area contributed by atoms with Gasteiger partial charge in [0.25, 0.3) is 0 Å². The summed E-state index contributed by atoms with van der Waals surface area (Å²) in [5, 5.41) is 23.4. The summed E-state index contributed by atoms with van der Waals surface area (Å²) in [5.41, 5.74) is 1.42. The number of hydrogen-bond acceptors (Lipinski definition) is 6. The van der Waals surface area contributed by atoms with Crippen LogP contribution >= 0.6 is 11.8 Å². The Morgan fingerprint density at radius 1 is 1.19 bits per heavy atom. The molecule has 1 amide bonds. The molecule has 0 bridgehead atoms. The highest BCUT2D eigenvalue weighted by molar-refractivity contribution is 7.99. The smallest absolute Gasteiger partial charge is 0.335 e. The van der Waals surface area contributed by atoms with Gasteiger partial charge in [-0.2, -0.15) is 4.68 Å². The number of amides is 1. The minimum absolute atomic E-state index is 0.0696. The topological polar surface area (TPSA) is 110 Å². The average Bonchev–Trinajstić information content (AvgIpc) is 3.14. The van der Waals surface area contributed by atoms with Crippen LogP contribution < -0.4 is 5.32 Å². The number of carboxylic acid groups (broad SMARTS) is 1. The number of hydrogen-bond donors (Lipinski definition) is 2. The van der Waals surface area contributed by atoms with Crippen molar-refractivity contribution in [2.75, 3.05) is 5.75 Å². The number of thioether (sulfide) groups is 1. The summed E-state index contributed by atoms with van der Waals surface area (Å²) in [6.07, 6.45) is 0. The minimum atomic E-state index is -1.02. The van der Waals surface area contributed by atoms with E-state index in [0.717, 1.165) is 11.8 Å². The second-order valence-electron chi connectivity index (χ2n) is 5.42. The molecule has 0 radical (unpaired) electrons. The first kappa shape index (κ1) is 18.5. The summed E-state index contributed by atoms with van der Waals surface area (Å²) in [5.74, 6) is -1.58. The van der Waals surface area contributed by atoms with Crippen molar-refractivity contribution in [3.63, 3.8) is 0 Å². The molecule has 0 aliphatic heterocycles. The zero-order chi connectivity index (χ0) is 19.2. The second kappa shape index (κ2) is 8.41. The highest BCUT2D eigenvalue weighted by Gasteiger charge is 2.12. The Kier molecular flexibility index (Phi) is 5.77. The van der Waals surface area contributed by atoms with Crippen LogP contribution in [-0.2, 0) is 11.3 Å². The predicted molar refractivity (Wildman–Crippen MR) is 95.1 cm³/mol. The molecule has 0 fully saturated rings. The maximum Gasteiger partial charge on any atom is 0.335 e. The Balaban J connectivity index is 1.56. The SMILES string of the molecule is O=C(CSc1nnnn1-c1ccc(F)cc1)NCc1cccc(C(=O)O)c1. The molecule has 138 valence electrons. The van der Waals surface area contributed by atoms with Gasteiger partial charge in [-0.25, -0.2) is 9.18 Å². The Labute approximate surface area is 157 Å². The molecule has 1 aromatic heterocycles. The molecule has 0 atom stereocenters. The number of nitrogens with zero attached hydrogens (tertiary/aromatic N) is 4. The van der Waals surface area contributed by atoms with Crippen LogP contribution in [0.1, 0.15) is 15.9 Å². The number of halogens is 1. The van der Waals surface area contributed by atoms with Gasteiger partial charge in [0.2, 0.25) is 11.1 Å². The molecule has 0 saturated heterocycles. The lowest BCUT2D eigenvalue weighted by atomic mass is 10.1. The highest BCUT2D eigenvalue weighted by atomic mass is 32.2. The van der Waals surface area contributed by atoms with E-state index in [-0.39, 0.29) is 29.6 Å². The molecule has 3 aromatic rings. The van der Waals surface area contributed by atoms with Crippen LogP contribution in [0, 0.1) is 5.82 Å². The molecule has 0 spiro atoms. The van der Waals surface area contributed by atoms with Crippen LogP contribution in [0.25, 0.3) is 5.69 Å². The first-order chi connectivity index (χ1) is 13.0. The summed E-state index contributed by atoms with van der Waals surface area (Å²) in [4.78, 5) is 23.0. The van der Waals surface area contributed by atoms with E-state index >= 15 is 0 Å². The number of aromatic nitrogens is 4. The van der Waals surface area contributed by atoms with Crippen LogP contribution in [0.4, 0.5) is 4.39 Å². The Morgan fingerprint density at radius 2 is 1.96 bits per heavy atom. The third-order valence-electron chi connectivity index (χ3n) is 3.51. The molecule has 2 aromatic carbocycles. The van der Waals surface area contributed by atoms with Gasteiger partial charge in [-0.15, -0.1) is 5.10 Å². The molecule has 0 aliphatic rings. The molecule has 0 aliphatic carbocycles. The van der Waals surface area contributed by atoms with E-state index in [1.807, 2.05) is 0 Å². The normalized spacial score (nSPS) is 10.6. The number of carbonyl (C=O) groups excluding carboxylic acids is 1. The molecule has 3 rings (SSSR count). The molecule has 0 unspecified atom stereocenters. The van der Waals surface area contributed by atoms with Gasteiger partial charge in [0.05, 0.1) is 17.0 Å². The van der Waals surface area contributed by atoms with Crippen molar-refractivity contribution >= 4 is 23.6 Å². The number of nitrogens with one attached hydrogen (secondary N) is 1. The third-order valence-corrected chi connectivity index (χ3v) is 4.43. The summed E-state index contributed by atoms with van der Waals surface area (Å²) in [6, 6.07) is 12.0. The van der Waals surface area contributed by atoms with Gasteiger partial charge in [-0.1, -0.05) is 23.9 Å². The van der Waals surface area contributed by atoms with Crippen molar-refractivity contribution in [2.24, 2.45) is 0 Å². The van der Waals surface area contributed by atoms with Gasteiger partial charge in [0.1, 0.15) is 5.82 Å². The van der Waals surface area contributed by atoms with Crippen molar-refractivity contribution in [1.82, 2.24) is 25.5 Å². The van der Waals surface area contributed by atoms with E-state index in [1.165, 1.54) is 41.1 Å². The van der Waals surface area contributed by atoms with Gasteiger partial charge in [0, 0.05) is 6.54 Å². The van der Waals surface area contributed by atoms with Crippen molar-refractivity contribution in [3.05, 3.63) is 65.5 Å². The molecular weight excluding hydrogens is 373 g/mol. The Bertz CT molecular complexity index is 961. The van der Waals surface area contributed by atoms with Gasteiger partial charge < -0.3 is 10.4 Å². The number of carbonyl (C=O) groups is 2. The van der Waals surface area contributed by atoms with E-state index in [4.69, 9.17) is 5.11 Å². The van der Waals surface area contributed by atoms with Crippen LogP contribution in [-0.4, -0.2) is 42.9 Å². The van der Waals surface area contributed by atoms with Crippen molar-refractivity contribution in [2.45, 2.75) is 11.7 Å². The standard InChI is InChI=1S/C17H14FN5O3S/c18-13-4-6-14(7-5-13)23-17(20-21-22-23)27-10-15(24)19-9-11-2-1-3-12(8-11)16(25)26/h1-8H,9-10H2,(H,19,24)(H,25,26). The molecule has 2 N–H and O–H groups in total. The number of rotatable bonds is 7. The monoisotopic (exact) mass is 387 g/mol. The number of benzene rings is 2. The lowest BCUT2D eigenvalue weighted by Gasteiger charge is -2.06. The van der Waals surface area contributed by atoms with Gasteiger partial charge in [0.15, 0.2) is 0 Å². The second-order valence-corrected chi connectivity index (χ2v) is 6.36. The highest BCUT2D eigenvalue weighted by Crippen LogP contribution is 2.18. The van der Waals surface area contributed by atoms with E-state index in [1.54, 1.807) is 12.1 Å². The zero-order valence-electron chi connectivity index (χ0n) is 13.9. The zero-order valence-corrected chi connectivity index (χ0v) is 14.7. The lowest BCUT2D eigenvalue weighted by Crippen LogP contribution is -2.24. The van der Waals surface area contributed by atoms with Gasteiger partial charge in [-0.05, 0) is 52.4 Å². The molecular formula is C17H14FN5O3S. The van der Waals surface area contributed by atoms with Crippen LogP contribution in [0.5, 0.6) is 0 Å². The van der Waals surface area contributed by atoms with Crippen molar-refractivity contribution < 1.29 is 19.1 Å². The number of carboxylic acids is 1. The summed E-state index contributed by atoms with van der Waals surface area (Å²) in [6.45, 7) is 0.212. The number of aromatic carboxylic acids is 1. The van der Waals surface area contributed by atoms with Gasteiger partial charge in [-0.3, -0.25) is 4.79 Å². The largest absolute Gasteiger partial charge is 0.478 e. The van der Waals surface area contributed by atoms with Crippen LogP contribution in [0.15, 0.2) is 53.7 Å². The molecule has 8 nitrogen and oxygen atoms in total. The fourth-order valence-corrected chi connectivity index (χ4v) is 2.93. The summed E-state index contributed by atoms with van der Waals surface area (Å²) in [7, 11) is 0. The summed E-state index contributed by atoms with van der Waals surface area (Å²) >= 11 is 1.13.